The molecule has 3 N–H and O–H groups in total. The minimum absolute atomic E-state index is 0.0245. The van der Waals surface area contributed by atoms with Crippen molar-refractivity contribution in [3.63, 3.8) is 0 Å². The van der Waals surface area contributed by atoms with E-state index >= 15 is 0 Å². The van der Waals surface area contributed by atoms with E-state index in [-0.39, 0.29) is 11.9 Å². The average Bonchev–Trinajstić information content (AvgIpc) is 3.07. The molecule has 0 spiro atoms. The molecule has 4 bridgehead atoms. The van der Waals surface area contributed by atoms with Crippen molar-refractivity contribution in [1.82, 2.24) is 10.6 Å². The van der Waals surface area contributed by atoms with Crippen LogP contribution in [-0.2, 0) is 9.59 Å². The number of anilines is 4. The molecule has 5 aliphatic rings. The number of fused-ring (bicyclic) bond motifs is 1. The molecule has 218 valence electrons. The van der Waals surface area contributed by atoms with E-state index in [0.717, 1.165) is 43.2 Å². The van der Waals surface area contributed by atoms with Crippen LogP contribution < -0.4 is 25.8 Å². The van der Waals surface area contributed by atoms with Gasteiger partial charge in [-0.05, 0) is 106 Å². The summed E-state index contributed by atoms with van der Waals surface area (Å²) in [5.41, 5.74) is 2.66. The predicted molar refractivity (Wildman–Crippen MR) is 166 cm³/mol. The number of nitrogens with one attached hydrogen (secondary N) is 3. The molecule has 42 heavy (non-hydrogen) atoms. The van der Waals surface area contributed by atoms with Gasteiger partial charge in [-0.2, -0.15) is 0 Å². The van der Waals surface area contributed by atoms with E-state index < -0.39 is 18.0 Å². The van der Waals surface area contributed by atoms with Crippen LogP contribution in [0.4, 0.5) is 27.5 Å². The van der Waals surface area contributed by atoms with Gasteiger partial charge in [0.15, 0.2) is 6.04 Å². The summed E-state index contributed by atoms with van der Waals surface area (Å²) in [4.78, 5) is 45.5. The van der Waals surface area contributed by atoms with E-state index in [0.29, 0.717) is 28.9 Å². The summed E-state index contributed by atoms with van der Waals surface area (Å²) < 4.78 is 0. The summed E-state index contributed by atoms with van der Waals surface area (Å²) in [5, 5.41) is 8.29. The molecule has 3 aromatic rings. The summed E-state index contributed by atoms with van der Waals surface area (Å²) in [6, 6.07) is 24.2. The minimum Gasteiger partial charge on any atom is -0.323 e. The molecule has 0 aromatic heterocycles. The van der Waals surface area contributed by atoms with E-state index in [2.05, 4.69) is 16.0 Å². The van der Waals surface area contributed by atoms with Gasteiger partial charge in [0.25, 0.3) is 11.8 Å². The molecule has 8 heteroatoms. The van der Waals surface area contributed by atoms with Crippen LogP contribution in [0.3, 0.4) is 0 Å². The third-order valence-corrected chi connectivity index (χ3v) is 9.13. The number of rotatable bonds is 4. The second kappa shape index (κ2) is 12.0. The number of hydrogen-bond donors (Lipinski definition) is 3. The molecule has 8 rings (SSSR count). The van der Waals surface area contributed by atoms with Crippen LogP contribution in [0.25, 0.3) is 0 Å². The van der Waals surface area contributed by atoms with E-state index in [9.17, 15) is 14.4 Å². The van der Waals surface area contributed by atoms with Crippen LogP contribution in [0.2, 0.25) is 0 Å². The van der Waals surface area contributed by atoms with Crippen molar-refractivity contribution in [2.75, 3.05) is 29.2 Å². The molecule has 4 amide bonds. The van der Waals surface area contributed by atoms with Crippen molar-refractivity contribution in [3.05, 3.63) is 84.9 Å². The lowest BCUT2D eigenvalue weighted by Gasteiger charge is -2.57. The molecular formula is C34H39N5O3. The molecule has 4 saturated carbocycles. The fourth-order valence-electron chi connectivity index (χ4n) is 7.88. The van der Waals surface area contributed by atoms with Gasteiger partial charge in [-0.25, -0.2) is 4.79 Å². The zero-order valence-electron chi connectivity index (χ0n) is 24.2. The largest absolute Gasteiger partial charge is 0.323 e. The monoisotopic (exact) mass is 565 g/mol. The second-order valence-electron chi connectivity index (χ2n) is 12.0. The third kappa shape index (κ3) is 5.27. The lowest BCUT2D eigenvalue weighted by molar-refractivity contribution is -0.130. The lowest BCUT2D eigenvalue weighted by Crippen LogP contribution is -2.62. The van der Waals surface area contributed by atoms with E-state index in [4.69, 9.17) is 0 Å². The van der Waals surface area contributed by atoms with Crippen molar-refractivity contribution in [2.45, 2.75) is 44.2 Å². The first-order valence-electron chi connectivity index (χ1n) is 15.0. The molecule has 3 aromatic carbocycles. The lowest BCUT2D eigenvalue weighted by atomic mass is 9.53. The molecule has 1 aliphatic heterocycles. The maximum atomic E-state index is 14.5. The fourth-order valence-corrected chi connectivity index (χ4v) is 7.88. The van der Waals surface area contributed by atoms with Crippen LogP contribution >= 0.6 is 0 Å². The summed E-state index contributed by atoms with van der Waals surface area (Å²) in [6.45, 7) is 0. The number of benzene rings is 3. The van der Waals surface area contributed by atoms with Crippen molar-refractivity contribution >= 4 is 40.6 Å². The summed E-state index contributed by atoms with van der Waals surface area (Å²) in [6.07, 6.45) is 5.84. The Hall–Kier alpha value is -4.17. The number of para-hydroxylation sites is 4. The van der Waals surface area contributed by atoms with Crippen LogP contribution in [-0.4, -0.2) is 44.0 Å². The Labute approximate surface area is 247 Å². The quantitative estimate of drug-likeness (QED) is 0.362. The van der Waals surface area contributed by atoms with Gasteiger partial charge in [-0.1, -0.05) is 48.5 Å². The predicted octanol–water partition coefficient (Wildman–Crippen LogP) is 5.55. The van der Waals surface area contributed by atoms with E-state index in [1.807, 2.05) is 91.8 Å². The fraction of sp³-hybridized carbons (Fsp3) is 0.382. The van der Waals surface area contributed by atoms with Crippen LogP contribution in [0, 0.1) is 23.7 Å². The van der Waals surface area contributed by atoms with Gasteiger partial charge in [0, 0.05) is 17.4 Å². The van der Waals surface area contributed by atoms with Crippen molar-refractivity contribution in [3.8, 4) is 0 Å². The highest BCUT2D eigenvalue weighted by Gasteiger charge is 2.54. The van der Waals surface area contributed by atoms with Crippen LogP contribution in [0.1, 0.15) is 32.1 Å². The van der Waals surface area contributed by atoms with Gasteiger partial charge >= 0.3 is 6.03 Å². The highest BCUT2D eigenvalue weighted by molar-refractivity contribution is 6.24. The molecule has 8 nitrogen and oxygen atoms in total. The Balaban J connectivity index is 0.00000101. The van der Waals surface area contributed by atoms with Crippen molar-refractivity contribution in [1.29, 1.82) is 0 Å². The number of amides is 4. The van der Waals surface area contributed by atoms with Gasteiger partial charge < -0.3 is 20.9 Å². The SMILES string of the molecule is CNC.O=C(Nc1ccccc1)NC1C(=O)N(c2ccccc2)c2ccccc2N(C2C3CC4CC(C3)CC2C4)C1=O. The van der Waals surface area contributed by atoms with E-state index in [1.165, 1.54) is 6.42 Å². The zero-order chi connectivity index (χ0) is 29.2. The Morgan fingerprint density at radius 1 is 0.690 bits per heavy atom. The highest BCUT2D eigenvalue weighted by atomic mass is 16.2. The molecule has 1 atom stereocenters. The molecule has 1 unspecified atom stereocenters. The van der Waals surface area contributed by atoms with Gasteiger partial charge in [0.2, 0.25) is 0 Å². The first-order valence-corrected chi connectivity index (χ1v) is 15.0. The molecule has 4 aliphatic carbocycles. The number of hydrogen-bond acceptors (Lipinski definition) is 4. The van der Waals surface area contributed by atoms with Crippen LogP contribution in [0.15, 0.2) is 84.9 Å². The Bertz CT molecular complexity index is 1400. The van der Waals surface area contributed by atoms with E-state index in [1.54, 1.807) is 17.0 Å². The van der Waals surface area contributed by atoms with Gasteiger partial charge in [-0.15, -0.1) is 0 Å². The molecule has 1 heterocycles. The summed E-state index contributed by atoms with van der Waals surface area (Å²) >= 11 is 0. The highest BCUT2D eigenvalue weighted by Crippen LogP contribution is 2.56. The topological polar surface area (TPSA) is 93.8 Å². The smallest absolute Gasteiger partial charge is 0.320 e. The number of carbonyl (C=O) groups excluding carboxylic acids is 3. The van der Waals surface area contributed by atoms with Crippen molar-refractivity contribution in [2.24, 2.45) is 23.7 Å². The molecule has 0 radical (unpaired) electrons. The van der Waals surface area contributed by atoms with Gasteiger partial charge in [0.1, 0.15) is 0 Å². The van der Waals surface area contributed by atoms with Gasteiger partial charge in [-0.3, -0.25) is 14.5 Å². The second-order valence-corrected chi connectivity index (χ2v) is 12.0. The normalized spacial score (nSPS) is 27.5. The maximum Gasteiger partial charge on any atom is 0.320 e. The minimum atomic E-state index is -1.36. The number of carbonyl (C=O) groups is 3. The first-order chi connectivity index (χ1) is 20.5. The molecular weight excluding hydrogens is 526 g/mol. The standard InChI is InChI=1S/C32H32N4O3.C2H7N/c37-30-28(34-32(39)33-24-9-3-1-4-10-24)31(38)36(29-22-16-20-15-21(18-22)19-23(29)17-20)27-14-8-7-13-26(27)35(30)25-11-5-2-6-12-25;1-3-2/h1-14,20-23,28-29H,15-19H2,(H2,33,34,39);3H,1-2H3. The zero-order valence-corrected chi connectivity index (χ0v) is 24.2. The summed E-state index contributed by atoms with van der Waals surface area (Å²) in [7, 11) is 3.75. The van der Waals surface area contributed by atoms with Gasteiger partial charge in [0.05, 0.1) is 11.4 Å². The number of urea groups is 1. The maximum absolute atomic E-state index is 14.5. The average molecular weight is 566 g/mol. The summed E-state index contributed by atoms with van der Waals surface area (Å²) in [5.74, 6) is 1.49. The molecule has 0 saturated heterocycles. The molecule has 4 fully saturated rings. The first kappa shape index (κ1) is 28.0. The van der Waals surface area contributed by atoms with Crippen molar-refractivity contribution < 1.29 is 14.4 Å². The van der Waals surface area contributed by atoms with Crippen LogP contribution in [0.5, 0.6) is 0 Å². The third-order valence-electron chi connectivity index (χ3n) is 9.13. The Kier molecular flexibility index (Phi) is 7.98. The Morgan fingerprint density at radius 3 is 1.81 bits per heavy atom. The number of nitrogens with zero attached hydrogens (tertiary/aromatic N) is 2. The Morgan fingerprint density at radius 2 is 1.21 bits per heavy atom.